The lowest BCUT2D eigenvalue weighted by molar-refractivity contribution is -0.384. The summed E-state index contributed by atoms with van der Waals surface area (Å²) in [7, 11) is 0. The molecule has 8 nitrogen and oxygen atoms in total. The number of hydrogen-bond donors (Lipinski definition) is 3. The van der Waals surface area contributed by atoms with E-state index < -0.39 is 4.92 Å². The normalized spacial score (nSPS) is 11.1. The predicted octanol–water partition coefficient (Wildman–Crippen LogP) is 5.02. The predicted molar refractivity (Wildman–Crippen MR) is 101 cm³/mol. The van der Waals surface area contributed by atoms with Crippen LogP contribution in [0.5, 0.6) is 5.88 Å². The molecule has 0 aliphatic rings. The van der Waals surface area contributed by atoms with Crippen molar-refractivity contribution < 1.29 is 10.0 Å². The number of aromatic hydroxyl groups is 1. The number of fused-ring (bicyclic) bond motifs is 1. The van der Waals surface area contributed by atoms with E-state index >= 15 is 0 Å². The summed E-state index contributed by atoms with van der Waals surface area (Å²) in [6.45, 7) is 0. The summed E-state index contributed by atoms with van der Waals surface area (Å²) in [4.78, 5) is 13.1. The van der Waals surface area contributed by atoms with Crippen LogP contribution in [0.3, 0.4) is 0 Å². The van der Waals surface area contributed by atoms with Crippen LogP contribution in [0.4, 0.5) is 17.1 Å². The average Bonchev–Trinajstić information content (AvgIpc) is 2.88. The van der Waals surface area contributed by atoms with Gasteiger partial charge in [0.05, 0.1) is 10.4 Å². The second kappa shape index (κ2) is 6.95. The third kappa shape index (κ3) is 3.80. The van der Waals surface area contributed by atoms with E-state index in [2.05, 4.69) is 36.5 Å². The average molecular weight is 420 g/mol. The van der Waals surface area contributed by atoms with Crippen molar-refractivity contribution in [2.45, 2.75) is 0 Å². The number of hydrogen-bond acceptors (Lipinski definition) is 5. The molecule has 0 saturated heterocycles. The molecule has 25 heavy (non-hydrogen) atoms. The third-order valence-corrected chi connectivity index (χ3v) is 3.94. The van der Waals surface area contributed by atoms with Crippen LogP contribution in [0.1, 0.15) is 0 Å². The lowest BCUT2D eigenvalue weighted by atomic mass is 10.2. The van der Waals surface area contributed by atoms with E-state index in [0.717, 1.165) is 4.47 Å². The van der Waals surface area contributed by atoms with Crippen LogP contribution in [0.2, 0.25) is 0 Å². The molecule has 0 aliphatic heterocycles. The molecule has 0 atom stereocenters. The zero-order chi connectivity index (χ0) is 18.0. The number of nitro benzene ring substituents is 1. The van der Waals surface area contributed by atoms with Gasteiger partial charge in [-0.2, -0.15) is 0 Å². The van der Waals surface area contributed by atoms with E-state index in [9.17, 15) is 15.2 Å². The van der Waals surface area contributed by atoms with E-state index in [-0.39, 0.29) is 22.4 Å². The fourth-order valence-corrected chi connectivity index (χ4v) is 2.70. The molecule has 1 heterocycles. The lowest BCUT2D eigenvalue weighted by Gasteiger charge is -2.02. The number of azo groups is 1. The maximum absolute atomic E-state index is 10.8. The molecule has 3 N–H and O–H groups in total. The Kier molecular flexibility index (Phi) is 4.72. The van der Waals surface area contributed by atoms with Crippen molar-refractivity contribution in [3.63, 3.8) is 0 Å². The molecule has 10 heteroatoms. The van der Waals surface area contributed by atoms with Crippen LogP contribution in [0.15, 0.2) is 57.2 Å². The molecule has 0 spiro atoms. The summed E-state index contributed by atoms with van der Waals surface area (Å²) in [6.07, 6.45) is 0. The number of non-ortho nitro benzene ring substituents is 1. The summed E-state index contributed by atoms with van der Waals surface area (Å²) in [6, 6.07) is 11.3. The van der Waals surface area contributed by atoms with Gasteiger partial charge in [0.25, 0.3) is 5.69 Å². The summed E-state index contributed by atoms with van der Waals surface area (Å²) in [5.41, 5.74) is 1.31. The number of nitrogens with one attached hydrogen (secondary N) is 2. The number of thiocarbonyl (C=S) groups is 1. The van der Waals surface area contributed by atoms with Crippen molar-refractivity contribution in [1.29, 1.82) is 0 Å². The van der Waals surface area contributed by atoms with Crippen LogP contribution in [-0.4, -0.2) is 20.1 Å². The Morgan fingerprint density at radius 1 is 1.32 bits per heavy atom. The summed E-state index contributed by atoms with van der Waals surface area (Å²) < 4.78 is 0.827. The number of benzene rings is 2. The number of aromatic amines is 1. The van der Waals surface area contributed by atoms with E-state index in [1.165, 1.54) is 18.2 Å². The lowest BCUT2D eigenvalue weighted by Crippen LogP contribution is -2.05. The highest BCUT2D eigenvalue weighted by atomic mass is 79.9. The van der Waals surface area contributed by atoms with E-state index in [1.54, 1.807) is 18.2 Å². The Morgan fingerprint density at radius 3 is 2.88 bits per heavy atom. The first-order valence-corrected chi connectivity index (χ1v) is 8.11. The Bertz CT molecular complexity index is 1020. The SMILES string of the molecule is O=[N+]([O-])c1cccc(NC(=S)N=Nc2c(O)[nH]c3ccc(Br)cc23)c1. The van der Waals surface area contributed by atoms with Crippen molar-refractivity contribution in [3.8, 4) is 5.88 Å². The van der Waals surface area contributed by atoms with Gasteiger partial charge in [-0.3, -0.25) is 10.1 Å². The molecule has 1 aromatic heterocycles. The summed E-state index contributed by atoms with van der Waals surface area (Å²) in [5.74, 6) is -0.130. The summed E-state index contributed by atoms with van der Waals surface area (Å²) in [5, 5.41) is 32.0. The van der Waals surface area contributed by atoms with Crippen LogP contribution in [0, 0.1) is 10.1 Å². The molecule has 0 fully saturated rings. The molecule has 3 aromatic rings. The maximum Gasteiger partial charge on any atom is 0.271 e. The number of H-pyrrole nitrogens is 1. The second-order valence-electron chi connectivity index (χ2n) is 4.95. The minimum atomic E-state index is -0.502. The molecular formula is C15H10BrN5O3S. The highest BCUT2D eigenvalue weighted by Gasteiger charge is 2.11. The number of aromatic nitrogens is 1. The molecule has 0 radical (unpaired) electrons. The number of halogens is 1. The Hall–Kier alpha value is -2.85. The van der Waals surface area contributed by atoms with Crippen LogP contribution in [0.25, 0.3) is 10.9 Å². The number of nitrogens with zero attached hydrogens (tertiary/aromatic N) is 3. The molecule has 0 amide bonds. The topological polar surface area (TPSA) is 116 Å². The Balaban J connectivity index is 1.81. The smallest absolute Gasteiger partial charge is 0.271 e. The minimum Gasteiger partial charge on any atom is -0.493 e. The molecule has 126 valence electrons. The number of anilines is 1. The van der Waals surface area contributed by atoms with Gasteiger partial charge >= 0.3 is 0 Å². The quantitative estimate of drug-likeness (QED) is 0.238. The molecule has 0 saturated carbocycles. The zero-order valence-electron chi connectivity index (χ0n) is 12.4. The van der Waals surface area contributed by atoms with Gasteiger partial charge < -0.3 is 15.4 Å². The van der Waals surface area contributed by atoms with Crippen LogP contribution >= 0.6 is 28.1 Å². The van der Waals surface area contributed by atoms with Crippen molar-refractivity contribution in [2.75, 3.05) is 5.32 Å². The van der Waals surface area contributed by atoms with Gasteiger partial charge in [0.1, 0.15) is 0 Å². The van der Waals surface area contributed by atoms with E-state index in [4.69, 9.17) is 12.2 Å². The van der Waals surface area contributed by atoms with Gasteiger partial charge in [0.15, 0.2) is 5.69 Å². The first-order valence-electron chi connectivity index (χ1n) is 6.91. The monoisotopic (exact) mass is 419 g/mol. The zero-order valence-corrected chi connectivity index (χ0v) is 14.8. The number of nitro groups is 1. The largest absolute Gasteiger partial charge is 0.493 e. The molecule has 0 aliphatic carbocycles. The summed E-state index contributed by atoms with van der Waals surface area (Å²) >= 11 is 8.42. The maximum atomic E-state index is 10.8. The fraction of sp³-hybridized carbons (Fsp3) is 0. The van der Waals surface area contributed by atoms with Crippen LogP contribution in [-0.2, 0) is 0 Å². The number of rotatable bonds is 3. The van der Waals surface area contributed by atoms with Gasteiger partial charge in [0, 0.05) is 27.7 Å². The minimum absolute atomic E-state index is 0.00393. The van der Waals surface area contributed by atoms with E-state index in [1.807, 2.05) is 6.07 Å². The molecular weight excluding hydrogens is 410 g/mol. The van der Waals surface area contributed by atoms with Crippen molar-refractivity contribution >= 4 is 61.2 Å². The second-order valence-corrected chi connectivity index (χ2v) is 6.25. The fourth-order valence-electron chi connectivity index (χ4n) is 2.18. The van der Waals surface area contributed by atoms with Gasteiger partial charge in [-0.1, -0.05) is 22.0 Å². The van der Waals surface area contributed by atoms with Gasteiger partial charge in [-0.05, 0) is 36.5 Å². The van der Waals surface area contributed by atoms with Gasteiger partial charge in [-0.25, -0.2) is 0 Å². The highest BCUT2D eigenvalue weighted by Crippen LogP contribution is 2.36. The third-order valence-electron chi connectivity index (χ3n) is 3.26. The highest BCUT2D eigenvalue weighted by molar-refractivity contribution is 9.10. The van der Waals surface area contributed by atoms with Crippen molar-refractivity contribution in [2.24, 2.45) is 10.2 Å². The van der Waals surface area contributed by atoms with Crippen LogP contribution < -0.4 is 5.32 Å². The van der Waals surface area contributed by atoms with E-state index in [0.29, 0.717) is 16.6 Å². The van der Waals surface area contributed by atoms with Crippen molar-refractivity contribution in [3.05, 3.63) is 57.1 Å². The standard InChI is InChI=1S/C15H10BrN5O3S/c16-8-4-5-12-11(6-8)13(14(22)18-12)19-20-15(25)17-9-2-1-3-10(7-9)21(23)24/h1-7,18,22H,(H,17,25). The van der Waals surface area contributed by atoms with Crippen molar-refractivity contribution in [1.82, 2.24) is 4.98 Å². The van der Waals surface area contributed by atoms with Gasteiger partial charge in [0.2, 0.25) is 11.0 Å². The molecule has 3 rings (SSSR count). The molecule has 2 aromatic carbocycles. The first-order chi connectivity index (χ1) is 11.9. The van der Waals surface area contributed by atoms with Gasteiger partial charge in [-0.15, -0.1) is 10.2 Å². The Morgan fingerprint density at radius 2 is 2.12 bits per heavy atom. The molecule has 0 unspecified atom stereocenters. The Labute approximate surface area is 154 Å². The molecule has 0 bridgehead atoms. The first kappa shape index (κ1) is 17.0.